The van der Waals surface area contributed by atoms with E-state index in [4.69, 9.17) is 21.1 Å². The van der Waals surface area contributed by atoms with Crippen LogP contribution in [0.5, 0.6) is 11.5 Å². The van der Waals surface area contributed by atoms with Crippen molar-refractivity contribution in [3.63, 3.8) is 0 Å². The third kappa shape index (κ3) is 13.7. The maximum absolute atomic E-state index is 15.0. The van der Waals surface area contributed by atoms with Crippen LogP contribution in [0.3, 0.4) is 0 Å². The van der Waals surface area contributed by atoms with Gasteiger partial charge in [0.15, 0.2) is 0 Å². The lowest BCUT2D eigenvalue weighted by Crippen LogP contribution is -2.57. The molecule has 5 atom stereocenters. The molecule has 70 heavy (non-hydrogen) atoms. The van der Waals surface area contributed by atoms with Crippen molar-refractivity contribution < 1.29 is 33.4 Å². The van der Waals surface area contributed by atoms with Crippen molar-refractivity contribution in [1.82, 2.24) is 44.8 Å². The average molecular weight is 979 g/mol. The zero-order chi connectivity index (χ0) is 50.6. The maximum Gasteiger partial charge on any atom is 0.251 e. The van der Waals surface area contributed by atoms with E-state index in [1.807, 2.05) is 91.4 Å². The summed E-state index contributed by atoms with van der Waals surface area (Å²) in [5.41, 5.74) is 3.34. The molecule has 1 saturated heterocycles. The number of H-pyrrole nitrogens is 1. The Morgan fingerprint density at radius 2 is 1.51 bits per heavy atom. The lowest BCUT2D eigenvalue weighted by molar-refractivity contribution is -0.147. The van der Waals surface area contributed by atoms with Crippen LogP contribution in [-0.2, 0) is 61.7 Å². The summed E-state index contributed by atoms with van der Waals surface area (Å²) in [6.07, 6.45) is 3.32. The number of rotatable bonds is 13. The number of pyridine rings is 1. The van der Waals surface area contributed by atoms with E-state index in [9.17, 15) is 28.8 Å². The molecule has 6 rings (SSSR count). The van der Waals surface area contributed by atoms with Crippen LogP contribution in [0, 0.1) is 5.92 Å². The molecule has 0 aliphatic carbocycles. The fourth-order valence-electron chi connectivity index (χ4n) is 8.40. The topological polar surface area (TPSA) is 192 Å². The highest BCUT2D eigenvalue weighted by Gasteiger charge is 2.36. The van der Waals surface area contributed by atoms with Gasteiger partial charge in [0.1, 0.15) is 29.4 Å². The number of likely N-dealkylation sites (N-methyl/N-ethyl adjacent to an activating group) is 2. The Balaban J connectivity index is 1.36. The van der Waals surface area contributed by atoms with Crippen LogP contribution in [0.15, 0.2) is 102 Å². The first-order chi connectivity index (χ1) is 33.4. The number of carbonyl (C=O) groups is 5. The second-order valence-electron chi connectivity index (χ2n) is 18.2. The SMILES string of the molecule is COC[C@@H]1NC(=O)[C@H](C)N(Cc2c[nH]c(=O)cc2Oc2ccc(-c3cnc(CN(C)C)n3C)cc2)C(=O)C[C@@H](Cc2ccccc2)C(=O)N(C)[C@@H](C)CNC(=O)C[C@H](Cc2ccc(Cl)cc2)N(C)C1=O. The number of benzene rings is 3. The van der Waals surface area contributed by atoms with Gasteiger partial charge in [-0.3, -0.25) is 28.8 Å². The molecule has 3 N–H and O–H groups in total. The van der Waals surface area contributed by atoms with Gasteiger partial charge < -0.3 is 49.3 Å². The van der Waals surface area contributed by atoms with Crippen molar-refractivity contribution in [3.05, 3.63) is 135 Å². The van der Waals surface area contributed by atoms with Crippen LogP contribution < -0.4 is 20.9 Å². The van der Waals surface area contributed by atoms with Gasteiger partial charge in [-0.15, -0.1) is 0 Å². The van der Waals surface area contributed by atoms with Crippen LogP contribution in [0.2, 0.25) is 5.02 Å². The molecule has 372 valence electrons. The molecule has 17 nitrogen and oxygen atoms in total. The Kier molecular flexibility index (Phi) is 18.1. The number of aromatic amines is 1. The molecular formula is C52H64ClN9O8. The first kappa shape index (κ1) is 52.5. The van der Waals surface area contributed by atoms with Crippen LogP contribution in [0.1, 0.15) is 49.2 Å². The van der Waals surface area contributed by atoms with Crippen LogP contribution in [0.4, 0.5) is 0 Å². The van der Waals surface area contributed by atoms with Crippen LogP contribution in [-0.4, -0.2) is 136 Å². The normalized spacial score (nSPS) is 20.3. The minimum atomic E-state index is -1.24. The quantitative estimate of drug-likeness (QED) is 0.148. The van der Waals surface area contributed by atoms with E-state index < -0.39 is 53.4 Å². The summed E-state index contributed by atoms with van der Waals surface area (Å²) in [6, 6.07) is 21.4. The van der Waals surface area contributed by atoms with Gasteiger partial charge in [-0.1, -0.05) is 54.1 Å². The van der Waals surface area contributed by atoms with E-state index in [1.165, 1.54) is 41.0 Å². The molecule has 18 heteroatoms. The highest BCUT2D eigenvalue weighted by atomic mass is 35.5. The zero-order valence-corrected chi connectivity index (χ0v) is 41.9. The summed E-state index contributed by atoms with van der Waals surface area (Å²) in [5, 5.41) is 6.30. The number of hydrogen-bond acceptors (Lipinski definition) is 10. The molecule has 2 aromatic heterocycles. The van der Waals surface area contributed by atoms with E-state index in [1.54, 1.807) is 45.3 Å². The van der Waals surface area contributed by atoms with E-state index >= 15 is 0 Å². The Bertz CT molecular complexity index is 2660. The summed E-state index contributed by atoms with van der Waals surface area (Å²) in [5.74, 6) is -1.88. The Labute approximate surface area is 414 Å². The lowest BCUT2D eigenvalue weighted by Gasteiger charge is -2.35. The number of halogens is 1. The molecule has 5 aromatic rings. The predicted octanol–water partition coefficient (Wildman–Crippen LogP) is 4.82. The molecule has 1 fully saturated rings. The highest BCUT2D eigenvalue weighted by Crippen LogP contribution is 2.30. The molecule has 0 spiro atoms. The molecule has 3 heterocycles. The third-order valence-electron chi connectivity index (χ3n) is 12.7. The largest absolute Gasteiger partial charge is 0.457 e. The van der Waals surface area contributed by atoms with Crippen molar-refractivity contribution in [2.24, 2.45) is 13.0 Å². The monoisotopic (exact) mass is 977 g/mol. The number of methoxy groups -OCH3 is 1. The fourth-order valence-corrected chi connectivity index (χ4v) is 8.52. The maximum atomic E-state index is 15.0. The summed E-state index contributed by atoms with van der Waals surface area (Å²) in [4.78, 5) is 98.7. The number of nitrogens with one attached hydrogen (secondary N) is 3. The second-order valence-corrected chi connectivity index (χ2v) is 18.7. The summed E-state index contributed by atoms with van der Waals surface area (Å²) in [7, 11) is 10.5. The van der Waals surface area contributed by atoms with E-state index in [0.717, 1.165) is 28.2 Å². The molecule has 0 saturated carbocycles. The molecule has 5 amide bonds. The predicted molar refractivity (Wildman–Crippen MR) is 267 cm³/mol. The van der Waals surface area contributed by atoms with Crippen molar-refractivity contribution in [3.8, 4) is 22.8 Å². The van der Waals surface area contributed by atoms with Gasteiger partial charge in [0.05, 0.1) is 37.5 Å². The van der Waals surface area contributed by atoms with Gasteiger partial charge in [0, 0.05) is 88.1 Å². The van der Waals surface area contributed by atoms with Gasteiger partial charge in [-0.05, 0) is 88.3 Å². The number of imidazole rings is 1. The summed E-state index contributed by atoms with van der Waals surface area (Å²) >= 11 is 6.18. The van der Waals surface area contributed by atoms with Crippen molar-refractivity contribution >= 4 is 41.1 Å². The minimum Gasteiger partial charge on any atom is -0.457 e. The fraction of sp³-hybridized carbons (Fsp3) is 0.404. The molecule has 0 radical (unpaired) electrons. The minimum absolute atomic E-state index is 0.0891. The molecule has 0 unspecified atom stereocenters. The first-order valence-corrected chi connectivity index (χ1v) is 23.6. The van der Waals surface area contributed by atoms with Gasteiger partial charge in [-0.25, -0.2) is 4.98 Å². The lowest BCUT2D eigenvalue weighted by atomic mass is 9.93. The number of amides is 5. The number of hydrogen-bond donors (Lipinski definition) is 3. The van der Waals surface area contributed by atoms with Crippen molar-refractivity contribution in [1.29, 1.82) is 0 Å². The number of carbonyl (C=O) groups excluding carboxylic acids is 5. The Morgan fingerprint density at radius 1 is 0.829 bits per heavy atom. The van der Waals surface area contributed by atoms with Gasteiger partial charge in [-0.2, -0.15) is 0 Å². The smallest absolute Gasteiger partial charge is 0.251 e. The highest BCUT2D eigenvalue weighted by molar-refractivity contribution is 6.30. The first-order valence-electron chi connectivity index (χ1n) is 23.2. The van der Waals surface area contributed by atoms with Gasteiger partial charge >= 0.3 is 0 Å². The standard InChI is InChI=1S/C52H64ClN9O8/c1-33-27-55-47(63)25-41(23-36-14-18-40(53)19-15-36)60(6)52(68)43(32-69-8)57-50(66)34(2)62(49(65)24-38(51(67)59(33)5)22-35-12-10-9-11-13-35)30-39-28-56-48(64)26-45(39)70-42-20-16-37(17-21-42)44-29-54-46(61(44)7)31-58(3)4/h9-21,26,28-29,33-34,38,41,43H,22-25,27,30-32H2,1-8H3,(H,55,63)(H,56,64)(H,57,66)/t33-,34-,38+,41-,43-/m0/s1. The molecule has 0 bridgehead atoms. The van der Waals surface area contributed by atoms with Crippen LogP contribution >= 0.6 is 11.6 Å². The number of nitrogens with zero attached hydrogens (tertiary/aromatic N) is 6. The van der Waals surface area contributed by atoms with E-state index in [0.29, 0.717) is 22.9 Å². The summed E-state index contributed by atoms with van der Waals surface area (Å²) < 4.78 is 13.8. The number of ether oxygens (including phenoxy) is 2. The van der Waals surface area contributed by atoms with Gasteiger partial charge in [0.2, 0.25) is 29.5 Å². The third-order valence-corrected chi connectivity index (χ3v) is 13.0. The van der Waals surface area contributed by atoms with Crippen LogP contribution in [0.25, 0.3) is 11.3 Å². The van der Waals surface area contributed by atoms with E-state index in [-0.39, 0.29) is 62.9 Å². The number of aromatic nitrogens is 3. The van der Waals surface area contributed by atoms with E-state index in [2.05, 4.69) is 20.6 Å². The van der Waals surface area contributed by atoms with Gasteiger partial charge in [0.25, 0.3) is 5.56 Å². The molecular weight excluding hydrogens is 914 g/mol. The van der Waals surface area contributed by atoms with Crippen molar-refractivity contribution in [2.75, 3.05) is 48.5 Å². The zero-order valence-electron chi connectivity index (χ0n) is 41.1. The average Bonchev–Trinajstić information content (AvgIpc) is 3.70. The molecule has 1 aliphatic rings. The molecule has 3 aromatic carbocycles. The summed E-state index contributed by atoms with van der Waals surface area (Å²) in [6.45, 7) is 3.65. The Morgan fingerprint density at radius 3 is 2.19 bits per heavy atom. The second kappa shape index (κ2) is 24.1. The Hall–Kier alpha value is -6.82. The van der Waals surface area contributed by atoms with Crippen molar-refractivity contribution in [2.45, 2.75) is 76.8 Å². The molecule has 1 aliphatic heterocycles.